The third kappa shape index (κ3) is 3.60. The summed E-state index contributed by atoms with van der Waals surface area (Å²) in [6.45, 7) is 2.11. The Morgan fingerprint density at radius 2 is 1.97 bits per heavy atom. The van der Waals surface area contributed by atoms with Crippen molar-refractivity contribution in [3.63, 3.8) is 0 Å². The molecule has 0 saturated carbocycles. The van der Waals surface area contributed by atoms with Crippen molar-refractivity contribution in [3.05, 3.63) is 74.9 Å². The van der Waals surface area contributed by atoms with Gasteiger partial charge in [-0.05, 0) is 48.4 Å². The van der Waals surface area contributed by atoms with E-state index < -0.39 is 5.82 Å². The smallest absolute Gasteiger partial charge is 0.322 e. The summed E-state index contributed by atoms with van der Waals surface area (Å²) >= 11 is 5.82. The molecule has 0 radical (unpaired) electrons. The zero-order valence-corrected chi connectivity index (χ0v) is 16.9. The largest absolute Gasteiger partial charge is 0.325 e. The minimum absolute atomic E-state index is 0.0503. The Bertz CT molecular complexity index is 1160. The summed E-state index contributed by atoms with van der Waals surface area (Å²) in [5, 5.41) is 4.21. The molecule has 2 atom stereocenters. The number of aromatic nitrogens is 1. The first kappa shape index (κ1) is 19.5. The van der Waals surface area contributed by atoms with Crippen LogP contribution in [0.4, 0.5) is 14.9 Å². The van der Waals surface area contributed by atoms with Crippen LogP contribution in [0, 0.1) is 11.7 Å². The maximum Gasteiger partial charge on any atom is 0.322 e. The molecule has 2 aromatic carbocycles. The van der Waals surface area contributed by atoms with Crippen molar-refractivity contribution >= 4 is 34.1 Å². The van der Waals surface area contributed by atoms with Gasteiger partial charge in [-0.15, -0.1) is 0 Å². The summed E-state index contributed by atoms with van der Waals surface area (Å²) in [5.74, 6) is -0.233. The van der Waals surface area contributed by atoms with E-state index >= 15 is 0 Å². The molecule has 0 fully saturated rings. The van der Waals surface area contributed by atoms with E-state index in [4.69, 9.17) is 11.6 Å². The van der Waals surface area contributed by atoms with E-state index in [1.165, 1.54) is 18.2 Å². The molecule has 150 valence electrons. The van der Waals surface area contributed by atoms with Gasteiger partial charge in [0.2, 0.25) is 0 Å². The molecule has 2 N–H and O–H groups in total. The van der Waals surface area contributed by atoms with Crippen molar-refractivity contribution in [2.45, 2.75) is 25.8 Å². The highest BCUT2D eigenvalue weighted by atomic mass is 35.5. The van der Waals surface area contributed by atoms with Crippen molar-refractivity contribution in [2.75, 3.05) is 12.4 Å². The molecule has 7 heteroatoms. The molecule has 1 aliphatic rings. The Morgan fingerprint density at radius 3 is 2.69 bits per heavy atom. The molecule has 1 heterocycles. The number of nitrogens with zero attached hydrogens (tertiary/aromatic N) is 1. The topological polar surface area (TPSA) is 65.2 Å². The third-order valence-electron chi connectivity index (χ3n) is 5.52. The van der Waals surface area contributed by atoms with Crippen molar-refractivity contribution in [2.24, 2.45) is 5.92 Å². The summed E-state index contributed by atoms with van der Waals surface area (Å²) in [7, 11) is 1.73. The van der Waals surface area contributed by atoms with Gasteiger partial charge in [0.15, 0.2) is 0 Å². The number of amides is 2. The summed E-state index contributed by atoms with van der Waals surface area (Å²) in [4.78, 5) is 30.1. The number of halogens is 2. The van der Waals surface area contributed by atoms with Crippen LogP contribution in [-0.4, -0.2) is 23.0 Å². The number of rotatable bonds is 2. The fraction of sp³-hybridized carbons (Fsp3) is 0.273. The minimum Gasteiger partial charge on any atom is -0.325 e. The van der Waals surface area contributed by atoms with Crippen molar-refractivity contribution in [1.82, 2.24) is 9.88 Å². The fourth-order valence-electron chi connectivity index (χ4n) is 4.10. The molecular weight excluding hydrogens is 393 g/mol. The summed E-state index contributed by atoms with van der Waals surface area (Å²) in [5.41, 5.74) is 2.17. The van der Waals surface area contributed by atoms with Crippen LogP contribution < -0.4 is 10.9 Å². The highest BCUT2D eigenvalue weighted by Crippen LogP contribution is 2.39. The number of aromatic amines is 1. The number of hydrogen-bond donors (Lipinski definition) is 2. The van der Waals surface area contributed by atoms with E-state index in [2.05, 4.69) is 17.2 Å². The molecule has 0 bridgehead atoms. The van der Waals surface area contributed by atoms with E-state index in [9.17, 15) is 14.0 Å². The number of carbonyl (C=O) groups is 1. The molecule has 3 aromatic rings. The monoisotopic (exact) mass is 413 g/mol. The van der Waals surface area contributed by atoms with Gasteiger partial charge in [0, 0.05) is 29.4 Å². The maximum atomic E-state index is 13.4. The van der Waals surface area contributed by atoms with Crippen molar-refractivity contribution < 1.29 is 9.18 Å². The summed E-state index contributed by atoms with van der Waals surface area (Å²) in [6.07, 6.45) is 1.53. The van der Waals surface area contributed by atoms with Crippen LogP contribution in [-0.2, 0) is 6.42 Å². The van der Waals surface area contributed by atoms with Crippen LogP contribution in [0.1, 0.15) is 30.6 Å². The first-order chi connectivity index (χ1) is 13.8. The Hall–Kier alpha value is -2.86. The molecule has 4 rings (SSSR count). The Labute approximate surface area is 172 Å². The van der Waals surface area contributed by atoms with Crippen LogP contribution in [0.5, 0.6) is 0 Å². The van der Waals surface area contributed by atoms with E-state index in [-0.39, 0.29) is 22.7 Å². The number of fused-ring (bicyclic) bond motifs is 3. The molecule has 5 nitrogen and oxygen atoms in total. The summed E-state index contributed by atoms with van der Waals surface area (Å²) in [6, 6.07) is 11.0. The van der Waals surface area contributed by atoms with E-state index in [0.717, 1.165) is 29.5 Å². The van der Waals surface area contributed by atoms with Gasteiger partial charge in [0.1, 0.15) is 5.82 Å². The lowest BCUT2D eigenvalue weighted by Gasteiger charge is -2.36. The van der Waals surface area contributed by atoms with Crippen molar-refractivity contribution in [3.8, 4) is 0 Å². The van der Waals surface area contributed by atoms with Gasteiger partial charge >= 0.3 is 6.03 Å². The van der Waals surface area contributed by atoms with Gasteiger partial charge in [-0.1, -0.05) is 36.7 Å². The fourth-order valence-corrected chi connectivity index (χ4v) is 4.28. The highest BCUT2D eigenvalue weighted by Gasteiger charge is 2.32. The van der Waals surface area contributed by atoms with E-state index in [0.29, 0.717) is 17.0 Å². The lowest BCUT2D eigenvalue weighted by atomic mass is 9.81. The van der Waals surface area contributed by atoms with E-state index in [1.807, 2.05) is 18.2 Å². The maximum absolute atomic E-state index is 13.4. The second-order valence-electron chi connectivity index (χ2n) is 7.62. The van der Waals surface area contributed by atoms with Crippen LogP contribution in [0.2, 0.25) is 5.02 Å². The van der Waals surface area contributed by atoms with Gasteiger partial charge in [-0.3, -0.25) is 4.79 Å². The quantitative estimate of drug-likeness (QED) is 0.613. The molecular formula is C22H21ClFN3O2. The number of H-pyrrole nitrogens is 1. The molecule has 29 heavy (non-hydrogen) atoms. The number of carbonyl (C=O) groups excluding carboxylic acids is 1. The minimum atomic E-state index is -0.538. The van der Waals surface area contributed by atoms with Gasteiger partial charge in [0.25, 0.3) is 5.56 Å². The summed E-state index contributed by atoms with van der Waals surface area (Å²) < 4.78 is 13.4. The number of anilines is 1. The predicted octanol–water partition coefficient (Wildman–Crippen LogP) is 5.11. The van der Waals surface area contributed by atoms with Gasteiger partial charge < -0.3 is 15.2 Å². The molecule has 1 aromatic heterocycles. The zero-order valence-electron chi connectivity index (χ0n) is 16.1. The number of pyridine rings is 1. The number of hydrogen-bond acceptors (Lipinski definition) is 2. The molecule has 0 unspecified atom stereocenters. The molecule has 0 saturated heterocycles. The third-order valence-corrected chi connectivity index (χ3v) is 5.81. The van der Waals surface area contributed by atoms with Crippen LogP contribution in [0.3, 0.4) is 0 Å². The SMILES string of the molecule is C[C@H]1Cc2[nH]c(=O)c3ccccc3c2[C@@H](N(C)C(=O)Nc2ccc(F)c(Cl)c2)C1. The van der Waals surface area contributed by atoms with E-state index in [1.54, 1.807) is 18.0 Å². The van der Waals surface area contributed by atoms with Crippen molar-refractivity contribution in [1.29, 1.82) is 0 Å². The first-order valence-electron chi connectivity index (χ1n) is 9.47. The number of urea groups is 1. The average Bonchev–Trinajstić information content (AvgIpc) is 2.69. The standard InChI is InChI=1S/C22H21ClFN3O2/c1-12-9-18-20(14-5-3-4-6-15(14)21(28)26-18)19(10-12)27(2)22(29)25-13-7-8-17(24)16(23)11-13/h3-8,11-12,19H,9-10H2,1-2H3,(H,25,29)(H,26,28)/t12-,19-/m0/s1. The first-order valence-corrected chi connectivity index (χ1v) is 9.85. The molecule has 0 aliphatic heterocycles. The van der Waals surface area contributed by atoms with Gasteiger partial charge in [0.05, 0.1) is 11.1 Å². The number of nitrogens with one attached hydrogen (secondary N) is 2. The average molecular weight is 414 g/mol. The Morgan fingerprint density at radius 1 is 1.24 bits per heavy atom. The molecule has 1 aliphatic carbocycles. The Balaban J connectivity index is 1.71. The Kier molecular flexibility index (Phi) is 5.04. The van der Waals surface area contributed by atoms with Crippen LogP contribution in [0.15, 0.2) is 47.3 Å². The normalized spacial score (nSPS) is 18.3. The second-order valence-corrected chi connectivity index (χ2v) is 8.03. The van der Waals surface area contributed by atoms with Crippen LogP contribution >= 0.6 is 11.6 Å². The predicted molar refractivity (Wildman–Crippen MR) is 113 cm³/mol. The zero-order chi connectivity index (χ0) is 20.7. The highest BCUT2D eigenvalue weighted by molar-refractivity contribution is 6.31. The van der Waals surface area contributed by atoms with Gasteiger partial charge in [-0.2, -0.15) is 0 Å². The second kappa shape index (κ2) is 7.52. The van der Waals surface area contributed by atoms with Crippen LogP contribution in [0.25, 0.3) is 10.8 Å². The van der Waals surface area contributed by atoms with Gasteiger partial charge in [-0.25, -0.2) is 9.18 Å². The number of benzene rings is 2. The lowest BCUT2D eigenvalue weighted by Crippen LogP contribution is -2.38. The lowest BCUT2D eigenvalue weighted by molar-refractivity contribution is 0.189. The molecule has 0 spiro atoms. The molecule has 2 amide bonds.